The second kappa shape index (κ2) is 46.7. The number of hydrogen-bond acceptors (Lipinski definition) is 51. The first-order valence-corrected chi connectivity index (χ1v) is 41.1. The number of hydrogen-bond donors (Lipinski definition) is 32. The SMILES string of the molecule is CC(=O)N[C@@H]1[C@@H](O)[C@H](O[C@@H]2O[C@H](CO)[C@@H](O[C@@H]3O[C@H](CO[C@H]4O[C@H](CO)[C@@H](O)[C@H](O)[C@@H]4O[C@@H]4O[C@H](CO)[C@@H](O[C@@H]5O[C@H](CO)[C@H](O)[C@H](O[C@@H]6O[C@H](CO)[C@H](O)[C@H](O)[C@H]6O)[C@H]5NC(C)=O)[C@H](O)[C@H]4NC(C)=O)[C@@H](O)[C@H](O[C@H]4O[C@H](CO)[C@@H](O)[C@H](O)[C@@H]4O[C@@H]4O[C@H](CO)[C@@H](O[C@@H]5O[C@H](CO)[C@H](O)[C@H](O)[C@H]5NC(C)=O)[C@H](O)[C@H]4NC(C)=O)[C@@H]3O)[C@H](O)[C@H]2NC(C)=O)[C@@H](CO)O[C@H]1O. The summed E-state index contributed by atoms with van der Waals surface area (Å²) < 4.78 is 114. The van der Waals surface area contributed by atoms with Gasteiger partial charge in [0, 0.05) is 41.5 Å². The van der Waals surface area contributed by atoms with Crippen LogP contribution < -0.4 is 31.9 Å². The number of carbonyl (C=O) groups excluding carboxylic acids is 6. The predicted octanol–water partition coefficient (Wildman–Crippen LogP) is -21.9. The second-order valence-corrected chi connectivity index (χ2v) is 32.4. The molecule has 10 heterocycles. The third-order valence-corrected chi connectivity index (χ3v) is 23.3. The van der Waals surface area contributed by atoms with Gasteiger partial charge in [0.15, 0.2) is 62.9 Å². The van der Waals surface area contributed by atoms with Crippen molar-refractivity contribution < 1.29 is 252 Å². The Labute approximate surface area is 731 Å². The average Bonchev–Trinajstić information content (AvgIpc) is 0.764. The highest BCUT2D eigenvalue weighted by Crippen LogP contribution is 2.41. The highest BCUT2D eigenvalue weighted by molar-refractivity contribution is 5.75. The first-order valence-electron chi connectivity index (χ1n) is 41.1. The van der Waals surface area contributed by atoms with Gasteiger partial charge in [-0.2, -0.15) is 0 Å². The minimum atomic E-state index is -2.63. The van der Waals surface area contributed by atoms with Crippen molar-refractivity contribution in [2.24, 2.45) is 0 Å². The van der Waals surface area contributed by atoms with Gasteiger partial charge in [0.2, 0.25) is 35.4 Å². The van der Waals surface area contributed by atoms with Gasteiger partial charge in [0.05, 0.1) is 66.1 Å². The molecule has 6 amide bonds. The Morgan fingerprint density at radius 3 is 0.829 bits per heavy atom. The molecule has 0 aromatic rings. The molecule has 0 radical (unpaired) electrons. The van der Waals surface area contributed by atoms with Gasteiger partial charge in [-0.1, -0.05) is 0 Å². The highest BCUT2D eigenvalue weighted by Gasteiger charge is 2.62. The van der Waals surface area contributed by atoms with E-state index in [1.807, 2.05) is 0 Å². The van der Waals surface area contributed by atoms with Crippen LogP contribution in [0.4, 0.5) is 0 Å². The number of rotatable bonds is 34. The molecule has 744 valence electrons. The van der Waals surface area contributed by atoms with E-state index in [4.69, 9.17) is 90.0 Å². The van der Waals surface area contributed by atoms with E-state index in [-0.39, 0.29) is 0 Å². The lowest BCUT2D eigenvalue weighted by molar-refractivity contribution is -0.398. The number of amides is 6. The van der Waals surface area contributed by atoms with E-state index < -0.39 is 408 Å². The molecule has 0 aromatic carbocycles. The van der Waals surface area contributed by atoms with Gasteiger partial charge < -0.3 is 255 Å². The molecule has 50 atom stereocenters. The Bertz CT molecular complexity index is 3570. The van der Waals surface area contributed by atoms with Crippen molar-refractivity contribution in [2.45, 2.75) is 348 Å². The molecule has 10 aliphatic heterocycles. The van der Waals surface area contributed by atoms with Crippen molar-refractivity contribution in [1.29, 1.82) is 0 Å². The molecule has 32 N–H and O–H groups in total. The normalized spacial score (nSPS) is 47.5. The van der Waals surface area contributed by atoms with Crippen molar-refractivity contribution in [3.8, 4) is 0 Å². The van der Waals surface area contributed by atoms with Gasteiger partial charge >= 0.3 is 0 Å². The Morgan fingerprint density at radius 2 is 0.442 bits per heavy atom. The molecule has 10 saturated heterocycles. The van der Waals surface area contributed by atoms with E-state index in [9.17, 15) is 162 Å². The quantitative estimate of drug-likeness (QED) is 0.0284. The van der Waals surface area contributed by atoms with Crippen LogP contribution in [0.15, 0.2) is 0 Å². The average molecular weight is 1890 g/mol. The number of carbonyl (C=O) groups is 6. The molecule has 0 spiro atoms. The van der Waals surface area contributed by atoms with Crippen molar-refractivity contribution in [3.63, 3.8) is 0 Å². The highest BCUT2D eigenvalue weighted by atomic mass is 16.8. The summed E-state index contributed by atoms with van der Waals surface area (Å²) in [5.41, 5.74) is 0. The largest absolute Gasteiger partial charge is 0.394 e. The fourth-order valence-electron chi connectivity index (χ4n) is 16.7. The van der Waals surface area contributed by atoms with Crippen LogP contribution in [0.5, 0.6) is 0 Å². The zero-order valence-corrected chi connectivity index (χ0v) is 69.8. The molecule has 10 fully saturated rings. The summed E-state index contributed by atoms with van der Waals surface area (Å²) >= 11 is 0. The third kappa shape index (κ3) is 24.0. The maximum atomic E-state index is 13.2. The summed E-state index contributed by atoms with van der Waals surface area (Å²) in [5.74, 6) is -5.49. The van der Waals surface area contributed by atoms with Crippen LogP contribution in [0.25, 0.3) is 0 Å². The van der Waals surface area contributed by atoms with Crippen LogP contribution in [0.1, 0.15) is 41.5 Å². The number of ether oxygens (including phenoxy) is 19. The van der Waals surface area contributed by atoms with E-state index >= 15 is 0 Å². The summed E-state index contributed by atoms with van der Waals surface area (Å²) in [4.78, 5) is 77.0. The van der Waals surface area contributed by atoms with Crippen LogP contribution in [0.2, 0.25) is 0 Å². The van der Waals surface area contributed by atoms with Crippen LogP contribution in [-0.2, 0) is 119 Å². The molecular formula is C72H120N6O51. The summed E-state index contributed by atoms with van der Waals surface area (Å²) in [6.45, 7) is -5.55. The number of aliphatic hydroxyl groups excluding tert-OH is 26. The van der Waals surface area contributed by atoms with Gasteiger partial charge in [-0.25, -0.2) is 0 Å². The summed E-state index contributed by atoms with van der Waals surface area (Å²) in [6.07, 6.45) is -92.7. The fraction of sp³-hybridized carbons (Fsp3) is 0.917. The van der Waals surface area contributed by atoms with Crippen molar-refractivity contribution >= 4 is 35.4 Å². The van der Waals surface area contributed by atoms with Crippen LogP contribution in [0, 0.1) is 0 Å². The van der Waals surface area contributed by atoms with Gasteiger partial charge in [-0.3, -0.25) is 28.8 Å². The summed E-state index contributed by atoms with van der Waals surface area (Å²) in [6, 6.07) is -11.2. The minimum Gasteiger partial charge on any atom is -0.394 e. The molecule has 10 rings (SSSR count). The van der Waals surface area contributed by atoms with Crippen molar-refractivity contribution in [2.75, 3.05) is 66.1 Å². The molecule has 129 heavy (non-hydrogen) atoms. The monoisotopic (exact) mass is 1880 g/mol. The zero-order valence-electron chi connectivity index (χ0n) is 69.8. The number of aliphatic hydroxyl groups is 26. The lowest BCUT2D eigenvalue weighted by Crippen LogP contribution is -2.71. The van der Waals surface area contributed by atoms with Crippen molar-refractivity contribution in [3.05, 3.63) is 0 Å². The molecule has 10 aliphatic rings. The minimum absolute atomic E-state index is 0.805. The fourth-order valence-corrected chi connectivity index (χ4v) is 16.7. The second-order valence-electron chi connectivity index (χ2n) is 32.4. The van der Waals surface area contributed by atoms with E-state index in [1.165, 1.54) is 0 Å². The maximum Gasteiger partial charge on any atom is 0.217 e. The van der Waals surface area contributed by atoms with E-state index in [0.29, 0.717) is 0 Å². The smallest absolute Gasteiger partial charge is 0.217 e. The standard InChI is InChI=1S/C72H120N6O51/c1-17(88)73-33-46(101)55(28(12-84)112-63(33)110)122-65-35(75-19(3)90)49(104)58(31(15-87)118-65)125-70-54(109)60(127-72-62(52(107)42(97)26(10-82)117-72)129-67-37(77-21(5)92)47(102)56(29(13-85)120-67)123-64-34(74-18(2)89)45(100)39(94)23(7-79)113-64)44(99)32(121-70)16-111-71-61(51(106)41(96)25(9-81)116-71)128-66-36(76-20(4)91)48(103)57(30(14-86)119-66)124-68-38(78-22(6)93)59(43(98)27(11-83)114-68)126-69-53(108)50(105)40(95)24(8-80)115-69/h23-72,79-87,94-110H,7-16H2,1-6H3,(H,73,88)(H,74,89)(H,75,90)(H,76,91)(H,77,92)(H,78,93)/t23-,24-,25-,26-,27-,28-,29-,30-,31-,32-,33-,34-,35-,36-,37-,38-,39+,40+,41-,42-,43+,44-,45-,46-,47-,48-,49-,50+,51+,52+,53-,54+,55-,56-,57-,58-,59-,60+,61+,62+,63-,64+,65+,66+,67+,68+,69+,70+,71+,72-/m1/s1. The zero-order chi connectivity index (χ0) is 95.1. The predicted molar refractivity (Wildman–Crippen MR) is 399 cm³/mol. The molecule has 0 unspecified atom stereocenters. The molecule has 0 bridgehead atoms. The lowest BCUT2D eigenvalue weighted by Gasteiger charge is -2.51. The van der Waals surface area contributed by atoms with Crippen molar-refractivity contribution in [1.82, 2.24) is 31.9 Å². The van der Waals surface area contributed by atoms with Gasteiger partial charge in [0.1, 0.15) is 244 Å². The molecule has 57 nitrogen and oxygen atoms in total. The number of nitrogens with one attached hydrogen (secondary N) is 6. The van der Waals surface area contributed by atoms with Gasteiger partial charge in [-0.15, -0.1) is 0 Å². The Balaban J connectivity index is 0.980. The van der Waals surface area contributed by atoms with E-state index in [1.54, 1.807) is 0 Å². The van der Waals surface area contributed by atoms with Crippen LogP contribution in [0.3, 0.4) is 0 Å². The van der Waals surface area contributed by atoms with Crippen LogP contribution >= 0.6 is 0 Å². The van der Waals surface area contributed by atoms with E-state index in [2.05, 4.69) is 31.9 Å². The Hall–Kier alpha value is -4.98. The molecule has 57 heteroatoms. The third-order valence-electron chi connectivity index (χ3n) is 23.3. The first kappa shape index (κ1) is 106. The molecular weight excluding hydrogens is 1760 g/mol. The first-order chi connectivity index (χ1) is 61.0. The molecule has 0 aliphatic carbocycles. The van der Waals surface area contributed by atoms with Gasteiger partial charge in [0.25, 0.3) is 0 Å². The van der Waals surface area contributed by atoms with Crippen LogP contribution in [-0.4, -0.2) is 541 Å². The topological polar surface area (TPSA) is 876 Å². The summed E-state index contributed by atoms with van der Waals surface area (Å²) in [5, 5.41) is 307. The van der Waals surface area contributed by atoms with E-state index in [0.717, 1.165) is 41.5 Å². The maximum absolute atomic E-state index is 13.2. The lowest BCUT2D eigenvalue weighted by atomic mass is 9.93. The molecule has 0 aromatic heterocycles. The van der Waals surface area contributed by atoms with Gasteiger partial charge in [-0.05, 0) is 0 Å². The Kier molecular flexibility index (Phi) is 38.4. The Morgan fingerprint density at radius 1 is 0.202 bits per heavy atom. The molecule has 0 saturated carbocycles. The summed E-state index contributed by atoms with van der Waals surface area (Å²) in [7, 11) is 0.